The molecule has 0 amide bonds. The monoisotopic (exact) mass is 244 g/mol. The van der Waals surface area contributed by atoms with Gasteiger partial charge in [0.2, 0.25) is 0 Å². The summed E-state index contributed by atoms with van der Waals surface area (Å²) in [5.74, 6) is 1.18. The highest BCUT2D eigenvalue weighted by atomic mass is 35.5. The Bertz CT molecular complexity index is 266. The minimum atomic E-state index is 0.482. The number of benzene rings is 1. The number of rotatable bonds is 6. The van der Waals surface area contributed by atoms with Crippen molar-refractivity contribution < 1.29 is 0 Å². The minimum Gasteiger partial charge on any atom is -0.126 e. The van der Waals surface area contributed by atoms with Gasteiger partial charge in [0, 0.05) is 10.9 Å². The summed E-state index contributed by atoms with van der Waals surface area (Å²) < 4.78 is 0. The van der Waals surface area contributed by atoms with Crippen LogP contribution >= 0.6 is 23.2 Å². The molecule has 0 radical (unpaired) electrons. The first-order valence-electron chi connectivity index (χ1n) is 5.59. The average Bonchev–Trinajstić information content (AvgIpc) is 2.26. The van der Waals surface area contributed by atoms with Gasteiger partial charge >= 0.3 is 0 Å². The summed E-state index contributed by atoms with van der Waals surface area (Å²) in [5.41, 5.74) is 1.31. The van der Waals surface area contributed by atoms with E-state index in [1.807, 2.05) is 12.1 Å². The molecule has 0 bridgehead atoms. The second-order valence-electron chi connectivity index (χ2n) is 3.90. The predicted molar refractivity (Wildman–Crippen MR) is 69.1 cm³/mol. The summed E-state index contributed by atoms with van der Waals surface area (Å²) in [6.07, 6.45) is 4.99. The molecule has 0 fully saturated rings. The Morgan fingerprint density at radius 3 is 2.33 bits per heavy atom. The molecule has 0 saturated heterocycles. The van der Waals surface area contributed by atoms with Gasteiger partial charge in [0.05, 0.1) is 0 Å². The lowest BCUT2D eigenvalue weighted by atomic mass is 9.95. The smallest absolute Gasteiger partial charge is 0.0406 e. The second kappa shape index (κ2) is 7.14. The van der Waals surface area contributed by atoms with Crippen LogP contribution in [0, 0.1) is 0 Å². The lowest BCUT2D eigenvalue weighted by Crippen LogP contribution is -2.00. The van der Waals surface area contributed by atoms with Crippen molar-refractivity contribution in [1.29, 1.82) is 0 Å². The Labute approximate surface area is 103 Å². The Morgan fingerprint density at radius 1 is 1.13 bits per heavy atom. The van der Waals surface area contributed by atoms with E-state index in [-0.39, 0.29) is 0 Å². The van der Waals surface area contributed by atoms with Crippen molar-refractivity contribution in [3.8, 4) is 0 Å². The number of hydrogen-bond acceptors (Lipinski definition) is 0. The van der Waals surface area contributed by atoms with Gasteiger partial charge in [-0.1, -0.05) is 49.9 Å². The third-order valence-corrected chi connectivity index (χ3v) is 3.31. The maximum absolute atomic E-state index is 5.99. The summed E-state index contributed by atoms with van der Waals surface area (Å²) in [4.78, 5) is 0. The van der Waals surface area contributed by atoms with Crippen LogP contribution in [0.5, 0.6) is 0 Å². The van der Waals surface area contributed by atoms with E-state index >= 15 is 0 Å². The molecule has 0 aliphatic rings. The maximum Gasteiger partial charge on any atom is 0.0406 e. The quantitative estimate of drug-likeness (QED) is 0.474. The maximum atomic E-state index is 5.99. The molecule has 1 atom stereocenters. The SMILES string of the molecule is CCCCCC(CCl)c1ccc(Cl)cc1. The summed E-state index contributed by atoms with van der Waals surface area (Å²) in [5, 5.41) is 0.792. The van der Waals surface area contributed by atoms with E-state index in [0.717, 1.165) is 5.02 Å². The van der Waals surface area contributed by atoms with Gasteiger partial charge in [0.15, 0.2) is 0 Å². The lowest BCUT2D eigenvalue weighted by molar-refractivity contribution is 0.601. The van der Waals surface area contributed by atoms with Gasteiger partial charge in [-0.05, 0) is 30.0 Å². The molecule has 1 rings (SSSR count). The standard InChI is InChI=1S/C13H18Cl2/c1-2-3-4-5-12(10-14)11-6-8-13(15)9-7-11/h6-9,12H,2-5,10H2,1H3. The highest BCUT2D eigenvalue weighted by Gasteiger charge is 2.09. The van der Waals surface area contributed by atoms with Gasteiger partial charge in [-0.15, -0.1) is 11.6 Å². The van der Waals surface area contributed by atoms with Crippen molar-refractivity contribution in [2.75, 3.05) is 5.88 Å². The van der Waals surface area contributed by atoms with Crippen LogP contribution in [0.2, 0.25) is 5.02 Å². The van der Waals surface area contributed by atoms with Crippen LogP contribution in [0.3, 0.4) is 0 Å². The fourth-order valence-electron chi connectivity index (χ4n) is 1.71. The molecule has 0 spiro atoms. The third-order valence-electron chi connectivity index (χ3n) is 2.68. The van der Waals surface area contributed by atoms with E-state index in [0.29, 0.717) is 11.8 Å². The molecule has 1 aromatic rings. The van der Waals surface area contributed by atoms with E-state index in [9.17, 15) is 0 Å². The minimum absolute atomic E-state index is 0.482. The van der Waals surface area contributed by atoms with E-state index in [4.69, 9.17) is 23.2 Å². The number of halogens is 2. The van der Waals surface area contributed by atoms with Gasteiger partial charge in [-0.3, -0.25) is 0 Å². The Morgan fingerprint density at radius 2 is 1.80 bits per heavy atom. The van der Waals surface area contributed by atoms with Gasteiger partial charge in [-0.25, -0.2) is 0 Å². The number of alkyl halides is 1. The second-order valence-corrected chi connectivity index (χ2v) is 4.64. The van der Waals surface area contributed by atoms with Crippen LogP contribution in [0.1, 0.15) is 44.1 Å². The van der Waals surface area contributed by atoms with Crippen LogP contribution in [0.4, 0.5) is 0 Å². The molecule has 0 aliphatic heterocycles. The highest BCUT2D eigenvalue weighted by molar-refractivity contribution is 6.30. The molecular weight excluding hydrogens is 227 g/mol. The van der Waals surface area contributed by atoms with Crippen LogP contribution in [0.25, 0.3) is 0 Å². The molecular formula is C13H18Cl2. The summed E-state index contributed by atoms with van der Waals surface area (Å²) >= 11 is 11.8. The van der Waals surface area contributed by atoms with Crippen molar-refractivity contribution in [3.05, 3.63) is 34.9 Å². The molecule has 0 heterocycles. The fourth-order valence-corrected chi connectivity index (χ4v) is 2.17. The average molecular weight is 245 g/mol. The summed E-state index contributed by atoms with van der Waals surface area (Å²) in [6.45, 7) is 2.22. The zero-order valence-electron chi connectivity index (χ0n) is 9.18. The molecule has 0 saturated carbocycles. The van der Waals surface area contributed by atoms with Crippen molar-refractivity contribution in [3.63, 3.8) is 0 Å². The van der Waals surface area contributed by atoms with Crippen LogP contribution < -0.4 is 0 Å². The third kappa shape index (κ3) is 4.44. The molecule has 0 nitrogen and oxygen atoms in total. The van der Waals surface area contributed by atoms with Crippen molar-refractivity contribution in [2.45, 2.75) is 38.5 Å². The normalized spacial score (nSPS) is 12.7. The molecule has 15 heavy (non-hydrogen) atoms. The fraction of sp³-hybridized carbons (Fsp3) is 0.538. The zero-order chi connectivity index (χ0) is 11.1. The first-order valence-corrected chi connectivity index (χ1v) is 6.50. The van der Waals surface area contributed by atoms with Crippen molar-refractivity contribution >= 4 is 23.2 Å². The van der Waals surface area contributed by atoms with Gasteiger partial charge in [0.1, 0.15) is 0 Å². The molecule has 0 aromatic heterocycles. The lowest BCUT2D eigenvalue weighted by Gasteiger charge is -2.13. The number of hydrogen-bond donors (Lipinski definition) is 0. The van der Waals surface area contributed by atoms with E-state index in [1.165, 1.54) is 31.2 Å². The number of unbranched alkanes of at least 4 members (excludes halogenated alkanes) is 2. The first-order chi connectivity index (χ1) is 7.27. The molecule has 84 valence electrons. The van der Waals surface area contributed by atoms with Crippen molar-refractivity contribution in [2.24, 2.45) is 0 Å². The largest absolute Gasteiger partial charge is 0.126 e. The zero-order valence-corrected chi connectivity index (χ0v) is 10.7. The first kappa shape index (κ1) is 12.9. The van der Waals surface area contributed by atoms with Gasteiger partial charge in [-0.2, -0.15) is 0 Å². The van der Waals surface area contributed by atoms with Crippen LogP contribution in [-0.2, 0) is 0 Å². The highest BCUT2D eigenvalue weighted by Crippen LogP contribution is 2.25. The Hall–Kier alpha value is -0.200. The topological polar surface area (TPSA) is 0 Å². The predicted octanol–water partition coefficient (Wildman–Crippen LogP) is 5.24. The molecule has 1 unspecified atom stereocenters. The summed E-state index contributed by atoms with van der Waals surface area (Å²) in [7, 11) is 0. The molecule has 1 aromatic carbocycles. The molecule has 2 heteroatoms. The molecule has 0 N–H and O–H groups in total. The Balaban J connectivity index is 2.53. The van der Waals surface area contributed by atoms with Gasteiger partial charge in [0.25, 0.3) is 0 Å². The summed E-state index contributed by atoms with van der Waals surface area (Å²) in [6, 6.07) is 8.05. The van der Waals surface area contributed by atoms with E-state index in [2.05, 4.69) is 19.1 Å². The van der Waals surface area contributed by atoms with E-state index in [1.54, 1.807) is 0 Å². The van der Waals surface area contributed by atoms with Crippen molar-refractivity contribution in [1.82, 2.24) is 0 Å². The van der Waals surface area contributed by atoms with Gasteiger partial charge < -0.3 is 0 Å². The van der Waals surface area contributed by atoms with Crippen LogP contribution in [-0.4, -0.2) is 5.88 Å². The van der Waals surface area contributed by atoms with Crippen LogP contribution in [0.15, 0.2) is 24.3 Å². The molecule has 0 aliphatic carbocycles. The Kier molecular flexibility index (Phi) is 6.12. The van der Waals surface area contributed by atoms with E-state index < -0.39 is 0 Å².